The molecule has 8 heteroatoms. The van der Waals surface area contributed by atoms with Crippen LogP contribution >= 0.6 is 11.3 Å². The molecule has 28 heavy (non-hydrogen) atoms. The lowest BCUT2D eigenvalue weighted by atomic mass is 9.92. The highest BCUT2D eigenvalue weighted by molar-refractivity contribution is 7.12. The monoisotopic (exact) mass is 398 g/mol. The first-order valence-corrected chi connectivity index (χ1v) is 10.2. The summed E-state index contributed by atoms with van der Waals surface area (Å²) in [5.74, 6) is 1.75. The molecule has 0 unspecified atom stereocenters. The SMILES string of the molecule is COc1ccccc1C(=O)N1CCC(Cc2n[nH]c(=O)n2-c2cccs2)CC1. The number of aromatic nitrogens is 3. The van der Waals surface area contributed by atoms with Crippen LogP contribution in [0.25, 0.3) is 5.00 Å². The van der Waals surface area contributed by atoms with Gasteiger partial charge in [-0.25, -0.2) is 14.5 Å². The molecule has 1 aromatic carbocycles. The maximum atomic E-state index is 12.8. The van der Waals surface area contributed by atoms with Crippen molar-refractivity contribution in [2.75, 3.05) is 20.2 Å². The molecule has 1 N–H and O–H groups in total. The third-order valence-corrected chi connectivity index (χ3v) is 6.03. The van der Waals surface area contributed by atoms with E-state index < -0.39 is 0 Å². The number of nitrogens with zero attached hydrogens (tertiary/aromatic N) is 3. The number of nitrogens with one attached hydrogen (secondary N) is 1. The quantitative estimate of drug-likeness (QED) is 0.717. The van der Waals surface area contributed by atoms with Crippen LogP contribution in [-0.2, 0) is 6.42 Å². The molecule has 0 atom stereocenters. The predicted molar refractivity (Wildman–Crippen MR) is 107 cm³/mol. The van der Waals surface area contributed by atoms with Crippen LogP contribution < -0.4 is 10.4 Å². The van der Waals surface area contributed by atoms with Crippen molar-refractivity contribution in [1.82, 2.24) is 19.7 Å². The highest BCUT2D eigenvalue weighted by atomic mass is 32.1. The van der Waals surface area contributed by atoms with Gasteiger partial charge in [0, 0.05) is 19.5 Å². The smallest absolute Gasteiger partial charge is 0.348 e. The molecule has 146 valence electrons. The second kappa shape index (κ2) is 8.02. The van der Waals surface area contributed by atoms with E-state index in [0.717, 1.165) is 23.7 Å². The number of H-pyrrole nitrogens is 1. The van der Waals surface area contributed by atoms with Gasteiger partial charge in [-0.3, -0.25) is 4.79 Å². The molecule has 1 saturated heterocycles. The fourth-order valence-electron chi connectivity index (χ4n) is 3.68. The zero-order valence-corrected chi connectivity index (χ0v) is 16.4. The lowest BCUT2D eigenvalue weighted by Gasteiger charge is -2.32. The van der Waals surface area contributed by atoms with Crippen molar-refractivity contribution in [3.8, 4) is 10.8 Å². The summed E-state index contributed by atoms with van der Waals surface area (Å²) in [7, 11) is 1.58. The minimum absolute atomic E-state index is 0.00571. The molecule has 0 aliphatic carbocycles. The second-order valence-electron chi connectivity index (χ2n) is 6.87. The number of benzene rings is 1. The summed E-state index contributed by atoms with van der Waals surface area (Å²) < 4.78 is 6.97. The van der Waals surface area contributed by atoms with Crippen molar-refractivity contribution in [1.29, 1.82) is 0 Å². The van der Waals surface area contributed by atoms with Crippen LogP contribution in [0.1, 0.15) is 29.0 Å². The van der Waals surface area contributed by atoms with Gasteiger partial charge in [-0.15, -0.1) is 11.3 Å². The van der Waals surface area contributed by atoms with E-state index in [-0.39, 0.29) is 11.6 Å². The Morgan fingerprint density at radius 3 is 2.75 bits per heavy atom. The Labute approximate surface area is 166 Å². The normalized spacial score (nSPS) is 15.0. The molecule has 4 rings (SSSR count). The predicted octanol–water partition coefficient (Wildman–Crippen LogP) is 2.73. The number of amides is 1. The number of piperidine rings is 1. The maximum Gasteiger partial charge on any atom is 0.348 e. The zero-order chi connectivity index (χ0) is 19.5. The number of thiophene rings is 1. The molecule has 1 amide bonds. The Bertz CT molecular complexity index is 1000. The fraction of sp³-hybridized carbons (Fsp3) is 0.350. The highest BCUT2D eigenvalue weighted by Gasteiger charge is 2.26. The van der Waals surface area contributed by atoms with Crippen LogP contribution in [0.3, 0.4) is 0 Å². The van der Waals surface area contributed by atoms with E-state index in [1.807, 2.05) is 34.5 Å². The van der Waals surface area contributed by atoms with Crippen LogP contribution in [-0.4, -0.2) is 45.8 Å². The van der Waals surface area contributed by atoms with E-state index in [1.165, 1.54) is 11.3 Å². The largest absolute Gasteiger partial charge is 0.496 e. The van der Waals surface area contributed by atoms with Gasteiger partial charge in [0.2, 0.25) is 0 Å². The van der Waals surface area contributed by atoms with Crippen LogP contribution in [0.4, 0.5) is 0 Å². The average Bonchev–Trinajstić information content (AvgIpc) is 3.37. The molecule has 1 fully saturated rings. The van der Waals surface area contributed by atoms with E-state index >= 15 is 0 Å². The summed E-state index contributed by atoms with van der Waals surface area (Å²) in [4.78, 5) is 26.8. The third kappa shape index (κ3) is 3.60. The number of aromatic amines is 1. The molecular weight excluding hydrogens is 376 g/mol. The van der Waals surface area contributed by atoms with Crippen LogP contribution in [0.5, 0.6) is 5.75 Å². The van der Waals surface area contributed by atoms with Gasteiger partial charge in [-0.2, -0.15) is 5.10 Å². The number of hydrogen-bond acceptors (Lipinski definition) is 5. The third-order valence-electron chi connectivity index (χ3n) is 5.18. The number of ether oxygens (including phenoxy) is 1. The van der Waals surface area contributed by atoms with Gasteiger partial charge < -0.3 is 9.64 Å². The molecular formula is C20H22N4O3S. The Morgan fingerprint density at radius 1 is 1.25 bits per heavy atom. The fourth-order valence-corrected chi connectivity index (χ4v) is 4.43. The molecule has 1 aliphatic rings. The zero-order valence-electron chi connectivity index (χ0n) is 15.6. The molecule has 0 saturated carbocycles. The maximum absolute atomic E-state index is 12.8. The Morgan fingerprint density at radius 2 is 2.04 bits per heavy atom. The van der Waals surface area contributed by atoms with Crippen LogP contribution in [0.15, 0.2) is 46.6 Å². The number of rotatable bonds is 5. The topological polar surface area (TPSA) is 80.2 Å². The minimum Gasteiger partial charge on any atom is -0.496 e. The summed E-state index contributed by atoms with van der Waals surface area (Å²) in [5.41, 5.74) is 0.392. The first-order chi connectivity index (χ1) is 13.7. The molecule has 2 aromatic heterocycles. The van der Waals surface area contributed by atoms with Crippen molar-refractivity contribution in [3.63, 3.8) is 0 Å². The van der Waals surface area contributed by atoms with Gasteiger partial charge in [-0.1, -0.05) is 12.1 Å². The van der Waals surface area contributed by atoms with Gasteiger partial charge in [-0.05, 0) is 48.4 Å². The summed E-state index contributed by atoms with van der Waals surface area (Å²) in [6.07, 6.45) is 2.48. The summed E-state index contributed by atoms with van der Waals surface area (Å²) in [5, 5.41) is 9.60. The van der Waals surface area contributed by atoms with Crippen molar-refractivity contribution in [2.24, 2.45) is 5.92 Å². The Kier molecular flexibility index (Phi) is 5.29. The van der Waals surface area contributed by atoms with Gasteiger partial charge in [0.25, 0.3) is 5.91 Å². The molecule has 0 spiro atoms. The van der Waals surface area contributed by atoms with Crippen molar-refractivity contribution in [3.05, 3.63) is 63.7 Å². The first kappa shape index (κ1) is 18.5. The van der Waals surface area contributed by atoms with Crippen molar-refractivity contribution >= 4 is 17.2 Å². The van der Waals surface area contributed by atoms with E-state index in [4.69, 9.17) is 4.74 Å². The summed E-state index contributed by atoms with van der Waals surface area (Å²) in [6.45, 7) is 1.38. The van der Waals surface area contributed by atoms with E-state index in [0.29, 0.717) is 36.7 Å². The molecule has 0 radical (unpaired) electrons. The van der Waals surface area contributed by atoms with Crippen LogP contribution in [0, 0.1) is 5.92 Å². The lowest BCUT2D eigenvalue weighted by Crippen LogP contribution is -2.39. The minimum atomic E-state index is -0.207. The second-order valence-corrected chi connectivity index (χ2v) is 7.80. The summed E-state index contributed by atoms with van der Waals surface area (Å²) in [6, 6.07) is 11.2. The van der Waals surface area contributed by atoms with Gasteiger partial charge in [0.15, 0.2) is 0 Å². The van der Waals surface area contributed by atoms with Crippen LogP contribution in [0.2, 0.25) is 0 Å². The molecule has 0 bridgehead atoms. The average molecular weight is 398 g/mol. The number of likely N-dealkylation sites (tertiary alicyclic amines) is 1. The number of para-hydroxylation sites is 1. The highest BCUT2D eigenvalue weighted by Crippen LogP contribution is 2.26. The van der Waals surface area contributed by atoms with Crippen molar-refractivity contribution in [2.45, 2.75) is 19.3 Å². The Hall–Kier alpha value is -2.87. The number of carbonyl (C=O) groups excluding carboxylic acids is 1. The standard InChI is InChI=1S/C20H22N4O3S/c1-27-16-6-3-2-5-15(16)19(25)23-10-8-14(9-11-23)13-17-21-22-20(26)24(17)18-7-4-12-28-18/h2-7,12,14H,8-11,13H2,1H3,(H,22,26). The van der Waals surface area contributed by atoms with Gasteiger partial charge >= 0.3 is 5.69 Å². The molecule has 3 aromatic rings. The molecule has 7 nitrogen and oxygen atoms in total. The summed E-state index contributed by atoms with van der Waals surface area (Å²) >= 11 is 1.51. The Balaban J connectivity index is 1.42. The van der Waals surface area contributed by atoms with Gasteiger partial charge in [0.05, 0.1) is 12.7 Å². The first-order valence-electron chi connectivity index (χ1n) is 9.30. The van der Waals surface area contributed by atoms with E-state index in [1.54, 1.807) is 23.8 Å². The van der Waals surface area contributed by atoms with Crippen molar-refractivity contribution < 1.29 is 9.53 Å². The molecule has 3 heterocycles. The number of carbonyl (C=O) groups is 1. The number of methoxy groups -OCH3 is 1. The van der Waals surface area contributed by atoms with E-state index in [2.05, 4.69) is 10.2 Å². The lowest BCUT2D eigenvalue weighted by molar-refractivity contribution is 0.0686. The van der Waals surface area contributed by atoms with E-state index in [9.17, 15) is 9.59 Å². The van der Waals surface area contributed by atoms with Gasteiger partial charge in [0.1, 0.15) is 16.6 Å². The number of hydrogen-bond donors (Lipinski definition) is 1. The molecule has 1 aliphatic heterocycles.